The van der Waals surface area contributed by atoms with Crippen LogP contribution < -0.4 is 5.32 Å². The number of hydrogen-bond acceptors (Lipinski definition) is 6. The minimum atomic E-state index is -4.58. The lowest BCUT2D eigenvalue weighted by atomic mass is 10.7. The van der Waals surface area contributed by atoms with Crippen LogP contribution in [0.1, 0.15) is 1.43 Å². The molecule has 0 amide bonds. The van der Waals surface area contributed by atoms with E-state index in [9.17, 15) is 13.0 Å². The zero-order valence-electron chi connectivity index (χ0n) is 6.11. The van der Waals surface area contributed by atoms with E-state index >= 15 is 0 Å². The summed E-state index contributed by atoms with van der Waals surface area (Å²) < 4.78 is 33.0. The molecule has 0 radical (unpaired) electrons. The van der Waals surface area contributed by atoms with Crippen molar-refractivity contribution in [3.63, 3.8) is 0 Å². The van der Waals surface area contributed by atoms with E-state index in [4.69, 9.17) is 5.11 Å². The predicted molar refractivity (Wildman–Crippen MR) is 31.8 cm³/mol. The minimum absolute atomic E-state index is 0. The topological polar surface area (TPSA) is 98.7 Å². The summed E-state index contributed by atoms with van der Waals surface area (Å²) in [6.07, 6.45) is 0. The van der Waals surface area contributed by atoms with Crippen LogP contribution in [0.2, 0.25) is 0 Å². The van der Waals surface area contributed by atoms with Crippen molar-refractivity contribution < 1.29 is 23.7 Å². The van der Waals surface area contributed by atoms with E-state index in [1.165, 1.54) is 0 Å². The van der Waals surface area contributed by atoms with E-state index in [2.05, 4.69) is 9.50 Å². The number of nitrogens with one attached hydrogen (secondary N) is 1. The first-order valence-electron chi connectivity index (χ1n) is 2.48. The zero-order chi connectivity index (χ0) is 8.04. The first-order chi connectivity index (χ1) is 4.56. The van der Waals surface area contributed by atoms with Gasteiger partial charge in [0, 0.05) is 6.54 Å². The van der Waals surface area contributed by atoms with Gasteiger partial charge in [-0.2, -0.15) is 0 Å². The molecule has 0 fully saturated rings. The van der Waals surface area contributed by atoms with Crippen molar-refractivity contribution in [2.45, 2.75) is 0 Å². The second-order valence-electron chi connectivity index (χ2n) is 1.39. The van der Waals surface area contributed by atoms with Crippen LogP contribution in [0, 0.1) is 0 Å². The summed E-state index contributed by atoms with van der Waals surface area (Å²) in [6.45, 7) is -0.410. The summed E-state index contributed by atoms with van der Waals surface area (Å²) >= 11 is 0. The van der Waals surface area contributed by atoms with E-state index in [1.807, 2.05) is 0 Å². The van der Waals surface area contributed by atoms with Crippen LogP contribution in [0.25, 0.3) is 0 Å². The Labute approximate surface area is 60.2 Å². The molecular weight excluding hydrogens is 162 g/mol. The third-order valence-corrected chi connectivity index (χ3v) is 1.07. The summed E-state index contributed by atoms with van der Waals surface area (Å²) in [7, 11) is -4.58. The molecule has 0 aliphatic rings. The van der Waals surface area contributed by atoms with Gasteiger partial charge in [0.1, 0.15) is 0 Å². The van der Waals surface area contributed by atoms with E-state index in [-0.39, 0.29) is 21.3 Å². The maximum absolute atomic E-state index is 9.73. The predicted octanol–water partition coefficient (Wildman–Crippen LogP) is -1.88. The molecule has 7 heteroatoms. The average Bonchev–Trinajstić information content (AvgIpc) is 1.78. The van der Waals surface area contributed by atoms with Crippen LogP contribution in [0.3, 0.4) is 0 Å². The van der Waals surface area contributed by atoms with Gasteiger partial charge >= 0.3 is 1.43 Å². The van der Waals surface area contributed by atoms with E-state index < -0.39 is 10.4 Å². The highest BCUT2D eigenvalue weighted by molar-refractivity contribution is 7.80. The first kappa shape index (κ1) is 9.79. The third kappa shape index (κ3) is 7.79. The fourth-order valence-corrected chi connectivity index (χ4v) is 0.582. The van der Waals surface area contributed by atoms with Crippen LogP contribution >= 0.6 is 0 Å². The van der Waals surface area contributed by atoms with Gasteiger partial charge in [-0.1, -0.05) is 0 Å². The molecule has 0 aromatic heterocycles. The Morgan fingerprint density at radius 2 is 2.30 bits per heavy atom. The normalized spacial score (nSPS) is 11.8. The Kier molecular flexibility index (Phi) is 4.49. The van der Waals surface area contributed by atoms with Crippen LogP contribution in [0.4, 0.5) is 0 Å². The molecule has 0 heterocycles. The molecule has 10 heavy (non-hydrogen) atoms. The molecule has 0 saturated carbocycles. The van der Waals surface area contributed by atoms with Crippen LogP contribution in [-0.4, -0.2) is 38.0 Å². The molecule has 0 atom stereocenters. The number of aliphatic hydroxyl groups excluding tert-OH is 1. The van der Waals surface area contributed by atoms with Crippen LogP contribution in [-0.2, 0) is 14.6 Å². The minimum Gasteiger partial charge on any atom is -0.726 e. The Bertz CT molecular complexity index is 169. The van der Waals surface area contributed by atoms with Crippen molar-refractivity contribution in [1.29, 1.82) is 0 Å². The molecule has 0 spiro atoms. The van der Waals surface area contributed by atoms with E-state index in [1.54, 1.807) is 0 Å². The highest BCUT2D eigenvalue weighted by Crippen LogP contribution is 1.82. The second-order valence-corrected chi connectivity index (χ2v) is 2.44. The molecule has 0 unspecified atom stereocenters. The molecule has 6 nitrogen and oxygen atoms in total. The second kappa shape index (κ2) is 4.58. The van der Waals surface area contributed by atoms with E-state index in [0.29, 0.717) is 0 Å². The number of hydrogen-bond donors (Lipinski definition) is 2. The van der Waals surface area contributed by atoms with Gasteiger partial charge in [-0.15, -0.1) is 0 Å². The highest BCUT2D eigenvalue weighted by Gasteiger charge is 1.91. The molecule has 0 aliphatic carbocycles. The molecule has 2 N–H and O–H groups in total. The van der Waals surface area contributed by atoms with Crippen molar-refractivity contribution >= 4 is 10.4 Å². The fourth-order valence-electron chi connectivity index (χ4n) is 0.295. The van der Waals surface area contributed by atoms with E-state index in [0.717, 1.165) is 0 Å². The van der Waals surface area contributed by atoms with Gasteiger partial charge in [0.25, 0.3) is 0 Å². The van der Waals surface area contributed by atoms with Gasteiger partial charge in [0.2, 0.25) is 10.4 Å². The van der Waals surface area contributed by atoms with Crippen molar-refractivity contribution in [1.82, 2.24) is 5.32 Å². The maximum atomic E-state index is 9.73. The van der Waals surface area contributed by atoms with Crippen molar-refractivity contribution in [3.8, 4) is 0 Å². The quantitative estimate of drug-likeness (QED) is 0.217. The highest BCUT2D eigenvalue weighted by atomic mass is 32.3. The van der Waals surface area contributed by atoms with Crippen molar-refractivity contribution in [3.05, 3.63) is 0 Å². The molecule has 0 aliphatic heterocycles. The standard InChI is InChI=1S/C3H9NO5S/c5-3-4-1-2-9-10(6,7)8/h4-5H,1-3H2,(H,6,7,8). The summed E-state index contributed by atoms with van der Waals surface area (Å²) in [5, 5.41) is 10.4. The van der Waals surface area contributed by atoms with Gasteiger partial charge < -0.3 is 9.66 Å². The first-order valence-corrected chi connectivity index (χ1v) is 3.81. The summed E-state index contributed by atoms with van der Waals surface area (Å²) in [6, 6.07) is 0. The summed E-state index contributed by atoms with van der Waals surface area (Å²) in [4.78, 5) is 0. The molecular formula is C3H9NO5S. The van der Waals surface area contributed by atoms with Crippen molar-refractivity contribution in [2.24, 2.45) is 0 Å². The zero-order valence-corrected chi connectivity index (χ0v) is 5.93. The monoisotopic (exact) mass is 171 g/mol. The van der Waals surface area contributed by atoms with Gasteiger partial charge in [0.05, 0.1) is 13.3 Å². The maximum Gasteiger partial charge on any atom is 1.00 e. The summed E-state index contributed by atoms with van der Waals surface area (Å²) in [5.41, 5.74) is 0. The molecule has 0 aromatic carbocycles. The largest absolute Gasteiger partial charge is 1.00 e. The third-order valence-electron chi connectivity index (χ3n) is 0.618. The Hall–Kier alpha value is -0.210. The van der Waals surface area contributed by atoms with Gasteiger partial charge in [-0.05, 0) is 0 Å². The molecule has 0 aromatic rings. The lowest BCUT2D eigenvalue weighted by molar-refractivity contribution is 0.225. The smallest absolute Gasteiger partial charge is 0.726 e. The van der Waals surface area contributed by atoms with Crippen LogP contribution in [0.5, 0.6) is 0 Å². The van der Waals surface area contributed by atoms with Gasteiger partial charge in [0.15, 0.2) is 0 Å². The summed E-state index contributed by atoms with van der Waals surface area (Å²) in [5.74, 6) is 0. The Balaban J connectivity index is 0. The molecule has 0 rings (SSSR count). The number of aliphatic hydroxyl groups is 1. The molecule has 62 valence electrons. The lowest BCUT2D eigenvalue weighted by Gasteiger charge is -2.06. The fraction of sp³-hybridized carbons (Fsp3) is 1.00. The number of rotatable bonds is 5. The Morgan fingerprint density at radius 1 is 1.70 bits per heavy atom. The van der Waals surface area contributed by atoms with Gasteiger partial charge in [-0.25, -0.2) is 8.42 Å². The lowest BCUT2D eigenvalue weighted by Crippen LogP contribution is -2.21. The SMILES string of the molecule is O=S(=O)([O-])OCCNCO.[H+]. The Morgan fingerprint density at radius 3 is 2.70 bits per heavy atom. The van der Waals surface area contributed by atoms with Crippen LogP contribution in [0.15, 0.2) is 0 Å². The average molecular weight is 171 g/mol. The van der Waals surface area contributed by atoms with Crippen molar-refractivity contribution in [2.75, 3.05) is 19.9 Å². The molecule has 0 bridgehead atoms. The molecule has 0 saturated heterocycles. The van der Waals surface area contributed by atoms with Gasteiger partial charge in [-0.3, -0.25) is 9.50 Å².